The molecule has 0 aliphatic carbocycles. The van der Waals surface area contributed by atoms with Crippen molar-refractivity contribution in [3.63, 3.8) is 0 Å². The van der Waals surface area contributed by atoms with E-state index in [9.17, 15) is 9.59 Å². The summed E-state index contributed by atoms with van der Waals surface area (Å²) in [5.74, 6) is -0.617. The Morgan fingerprint density at radius 2 is 2.19 bits per heavy atom. The van der Waals surface area contributed by atoms with Gasteiger partial charge in [-0.1, -0.05) is 26.7 Å². The van der Waals surface area contributed by atoms with E-state index in [1.807, 2.05) is 0 Å². The third-order valence-corrected chi connectivity index (χ3v) is 3.19. The van der Waals surface area contributed by atoms with E-state index in [4.69, 9.17) is 5.11 Å². The third kappa shape index (κ3) is 3.51. The molecule has 4 heteroatoms. The SMILES string of the molecule is CCCC(C)CC(=O)N1CCC(C(=O)O)C1. The summed E-state index contributed by atoms with van der Waals surface area (Å²) >= 11 is 0. The summed E-state index contributed by atoms with van der Waals surface area (Å²) in [6.45, 7) is 5.19. The monoisotopic (exact) mass is 227 g/mol. The Balaban J connectivity index is 2.36. The molecule has 1 amide bonds. The van der Waals surface area contributed by atoms with Crippen LogP contribution >= 0.6 is 0 Å². The van der Waals surface area contributed by atoms with Crippen molar-refractivity contribution in [1.82, 2.24) is 4.90 Å². The first kappa shape index (κ1) is 13.0. The molecule has 2 unspecified atom stereocenters. The highest BCUT2D eigenvalue weighted by molar-refractivity contribution is 5.78. The number of hydrogen-bond acceptors (Lipinski definition) is 2. The number of carboxylic acid groups (broad SMARTS) is 1. The second-order valence-electron chi connectivity index (χ2n) is 4.76. The number of rotatable bonds is 5. The molecule has 4 nitrogen and oxygen atoms in total. The zero-order valence-corrected chi connectivity index (χ0v) is 10.1. The highest BCUT2D eigenvalue weighted by Crippen LogP contribution is 2.19. The highest BCUT2D eigenvalue weighted by atomic mass is 16.4. The van der Waals surface area contributed by atoms with E-state index in [-0.39, 0.29) is 11.8 Å². The van der Waals surface area contributed by atoms with Gasteiger partial charge in [0.2, 0.25) is 5.91 Å². The minimum absolute atomic E-state index is 0.115. The number of likely N-dealkylation sites (tertiary alicyclic amines) is 1. The molecule has 1 aliphatic heterocycles. The molecule has 1 heterocycles. The topological polar surface area (TPSA) is 57.6 Å². The van der Waals surface area contributed by atoms with Gasteiger partial charge in [0.05, 0.1) is 5.92 Å². The molecule has 1 rings (SSSR count). The zero-order chi connectivity index (χ0) is 12.1. The predicted octanol–water partition coefficient (Wildman–Crippen LogP) is 1.75. The van der Waals surface area contributed by atoms with Gasteiger partial charge in [-0.05, 0) is 12.3 Å². The Labute approximate surface area is 96.6 Å². The first-order valence-electron chi connectivity index (χ1n) is 6.05. The lowest BCUT2D eigenvalue weighted by Gasteiger charge is -2.18. The van der Waals surface area contributed by atoms with Crippen molar-refractivity contribution in [2.45, 2.75) is 39.5 Å². The van der Waals surface area contributed by atoms with Crippen LogP contribution in [0.1, 0.15) is 39.5 Å². The van der Waals surface area contributed by atoms with Gasteiger partial charge < -0.3 is 10.0 Å². The van der Waals surface area contributed by atoms with Gasteiger partial charge in [-0.25, -0.2) is 0 Å². The lowest BCUT2D eigenvalue weighted by molar-refractivity contribution is -0.141. The van der Waals surface area contributed by atoms with Crippen LogP contribution in [0.4, 0.5) is 0 Å². The Hall–Kier alpha value is -1.06. The average Bonchev–Trinajstić information content (AvgIpc) is 2.66. The number of carbonyl (C=O) groups is 2. The Morgan fingerprint density at radius 3 is 2.69 bits per heavy atom. The maximum Gasteiger partial charge on any atom is 0.308 e. The largest absolute Gasteiger partial charge is 0.481 e. The van der Waals surface area contributed by atoms with Gasteiger partial charge in [0.15, 0.2) is 0 Å². The smallest absolute Gasteiger partial charge is 0.308 e. The van der Waals surface area contributed by atoms with Crippen molar-refractivity contribution in [2.75, 3.05) is 13.1 Å². The molecule has 1 aliphatic rings. The molecule has 0 spiro atoms. The van der Waals surface area contributed by atoms with Crippen LogP contribution in [0, 0.1) is 11.8 Å². The van der Waals surface area contributed by atoms with Gasteiger partial charge in [-0.2, -0.15) is 0 Å². The summed E-state index contributed by atoms with van der Waals surface area (Å²) in [5, 5.41) is 8.84. The van der Waals surface area contributed by atoms with Gasteiger partial charge in [0.1, 0.15) is 0 Å². The Morgan fingerprint density at radius 1 is 1.50 bits per heavy atom. The first-order valence-corrected chi connectivity index (χ1v) is 6.05. The summed E-state index contributed by atoms with van der Waals surface area (Å²) < 4.78 is 0. The lowest BCUT2D eigenvalue weighted by atomic mass is 10.0. The van der Waals surface area contributed by atoms with Gasteiger partial charge >= 0.3 is 5.97 Å². The van der Waals surface area contributed by atoms with Crippen LogP contribution in [-0.2, 0) is 9.59 Å². The van der Waals surface area contributed by atoms with E-state index >= 15 is 0 Å². The van der Waals surface area contributed by atoms with E-state index in [1.165, 1.54) is 0 Å². The fourth-order valence-electron chi connectivity index (χ4n) is 2.21. The van der Waals surface area contributed by atoms with Crippen LogP contribution in [0.15, 0.2) is 0 Å². The minimum Gasteiger partial charge on any atom is -0.481 e. The normalized spacial score (nSPS) is 22.1. The Bertz CT molecular complexity index is 265. The van der Waals surface area contributed by atoms with Crippen LogP contribution < -0.4 is 0 Å². The van der Waals surface area contributed by atoms with Crippen LogP contribution in [0.25, 0.3) is 0 Å². The zero-order valence-electron chi connectivity index (χ0n) is 10.1. The van der Waals surface area contributed by atoms with E-state index in [0.29, 0.717) is 31.8 Å². The molecular weight excluding hydrogens is 206 g/mol. The average molecular weight is 227 g/mol. The summed E-state index contributed by atoms with van der Waals surface area (Å²) in [5.41, 5.74) is 0. The van der Waals surface area contributed by atoms with E-state index < -0.39 is 5.97 Å². The number of aliphatic carboxylic acids is 1. The number of carbonyl (C=O) groups excluding carboxylic acids is 1. The predicted molar refractivity (Wildman–Crippen MR) is 61.0 cm³/mol. The summed E-state index contributed by atoms with van der Waals surface area (Å²) in [7, 11) is 0. The highest BCUT2D eigenvalue weighted by Gasteiger charge is 2.30. The van der Waals surface area contributed by atoms with Gasteiger partial charge in [-0.15, -0.1) is 0 Å². The van der Waals surface area contributed by atoms with Crippen molar-refractivity contribution in [1.29, 1.82) is 0 Å². The second kappa shape index (κ2) is 5.87. The molecule has 1 fully saturated rings. The van der Waals surface area contributed by atoms with Crippen LogP contribution in [0.2, 0.25) is 0 Å². The fraction of sp³-hybridized carbons (Fsp3) is 0.833. The number of hydrogen-bond donors (Lipinski definition) is 1. The first-order chi connectivity index (χ1) is 7.54. The van der Waals surface area contributed by atoms with Gasteiger partial charge in [0, 0.05) is 19.5 Å². The van der Waals surface area contributed by atoms with Crippen LogP contribution in [0.5, 0.6) is 0 Å². The minimum atomic E-state index is -0.781. The molecule has 16 heavy (non-hydrogen) atoms. The molecule has 0 aromatic carbocycles. The third-order valence-electron chi connectivity index (χ3n) is 3.19. The van der Waals surface area contributed by atoms with Gasteiger partial charge in [0.25, 0.3) is 0 Å². The standard InChI is InChI=1S/C12H21NO3/c1-3-4-9(2)7-11(14)13-6-5-10(8-13)12(15)16/h9-10H,3-8H2,1-2H3,(H,15,16). The summed E-state index contributed by atoms with van der Waals surface area (Å²) in [6.07, 6.45) is 3.30. The van der Waals surface area contributed by atoms with Crippen molar-refractivity contribution in [3.8, 4) is 0 Å². The maximum atomic E-state index is 11.8. The number of nitrogens with zero attached hydrogens (tertiary/aromatic N) is 1. The van der Waals surface area contributed by atoms with Gasteiger partial charge in [-0.3, -0.25) is 9.59 Å². The van der Waals surface area contributed by atoms with E-state index in [1.54, 1.807) is 4.90 Å². The number of carboxylic acids is 1. The molecule has 0 saturated carbocycles. The fourth-order valence-corrected chi connectivity index (χ4v) is 2.21. The van der Waals surface area contributed by atoms with Crippen molar-refractivity contribution >= 4 is 11.9 Å². The van der Waals surface area contributed by atoms with E-state index in [2.05, 4.69) is 13.8 Å². The molecule has 92 valence electrons. The molecule has 0 aromatic rings. The van der Waals surface area contributed by atoms with Crippen molar-refractivity contribution in [3.05, 3.63) is 0 Å². The summed E-state index contributed by atoms with van der Waals surface area (Å²) in [6, 6.07) is 0. The molecule has 0 radical (unpaired) electrons. The van der Waals surface area contributed by atoms with E-state index in [0.717, 1.165) is 12.8 Å². The molecular formula is C12H21NO3. The lowest BCUT2D eigenvalue weighted by Crippen LogP contribution is -2.30. The Kier molecular flexibility index (Phi) is 4.77. The van der Waals surface area contributed by atoms with Crippen molar-refractivity contribution < 1.29 is 14.7 Å². The number of amides is 1. The molecule has 2 atom stereocenters. The second-order valence-corrected chi connectivity index (χ2v) is 4.76. The maximum absolute atomic E-state index is 11.8. The van der Waals surface area contributed by atoms with Crippen LogP contribution in [0.3, 0.4) is 0 Å². The summed E-state index contributed by atoms with van der Waals surface area (Å²) in [4.78, 5) is 24.3. The quantitative estimate of drug-likeness (QED) is 0.778. The molecule has 0 aromatic heterocycles. The van der Waals surface area contributed by atoms with Crippen molar-refractivity contribution in [2.24, 2.45) is 11.8 Å². The van der Waals surface area contributed by atoms with Crippen LogP contribution in [-0.4, -0.2) is 35.0 Å². The molecule has 0 bridgehead atoms. The molecule has 1 saturated heterocycles. The molecule has 1 N–H and O–H groups in total.